The van der Waals surface area contributed by atoms with E-state index >= 15 is 0 Å². The molecule has 4 heteroatoms. The number of benzene rings is 1. The summed E-state index contributed by atoms with van der Waals surface area (Å²) < 4.78 is 0. The van der Waals surface area contributed by atoms with Crippen molar-refractivity contribution in [2.24, 2.45) is 0 Å². The highest BCUT2D eigenvalue weighted by Gasteiger charge is 2.30. The van der Waals surface area contributed by atoms with E-state index in [0.717, 1.165) is 17.8 Å². The molecule has 2 aromatic rings. The van der Waals surface area contributed by atoms with E-state index in [9.17, 15) is 5.11 Å². The molecule has 0 aliphatic heterocycles. The summed E-state index contributed by atoms with van der Waals surface area (Å²) in [4.78, 5) is 2.39. The summed E-state index contributed by atoms with van der Waals surface area (Å²) in [5.74, 6) is 0. The molecule has 0 amide bonds. The third-order valence-corrected chi connectivity index (χ3v) is 4.41. The smallest absolute Gasteiger partial charge is 0.0702 e. The predicted octanol–water partition coefficient (Wildman–Crippen LogP) is 4.06. The number of hydrogen-bond acceptors (Lipinski definition) is 3. The molecule has 1 N–H and O–H groups in total. The van der Waals surface area contributed by atoms with Crippen molar-refractivity contribution in [3.05, 3.63) is 51.2 Å². The molecule has 0 radical (unpaired) electrons. The highest BCUT2D eigenvalue weighted by Crippen LogP contribution is 2.36. The van der Waals surface area contributed by atoms with Crippen molar-refractivity contribution in [1.82, 2.24) is 0 Å². The number of nitrogens with zero attached hydrogens (tertiary/aromatic N) is 1. The Hall–Kier alpha value is -1.03. The molecule has 1 aromatic carbocycles. The minimum absolute atomic E-state index is 0.0305. The van der Waals surface area contributed by atoms with Crippen LogP contribution in [-0.2, 0) is 13.2 Å². The van der Waals surface area contributed by atoms with Crippen LogP contribution in [0.3, 0.4) is 0 Å². The van der Waals surface area contributed by atoms with Crippen LogP contribution >= 0.6 is 22.9 Å². The van der Waals surface area contributed by atoms with Gasteiger partial charge in [0.05, 0.1) is 6.61 Å². The van der Waals surface area contributed by atoms with Crippen LogP contribution in [0.5, 0.6) is 0 Å². The molecule has 0 bridgehead atoms. The first-order valence-electron chi connectivity index (χ1n) is 6.45. The van der Waals surface area contributed by atoms with Gasteiger partial charge in [-0.3, -0.25) is 0 Å². The molecule has 100 valence electrons. The highest BCUT2D eigenvalue weighted by atomic mass is 35.5. The van der Waals surface area contributed by atoms with E-state index in [1.807, 2.05) is 18.2 Å². The normalized spacial score (nSPS) is 14.6. The van der Waals surface area contributed by atoms with Gasteiger partial charge in [-0.05, 0) is 53.4 Å². The average Bonchev–Trinajstić information content (AvgIpc) is 3.13. The zero-order chi connectivity index (χ0) is 13.2. The molecule has 1 aliphatic rings. The third-order valence-electron chi connectivity index (χ3n) is 3.44. The second-order valence-electron chi connectivity index (χ2n) is 4.92. The van der Waals surface area contributed by atoms with Gasteiger partial charge in [-0.2, -0.15) is 11.3 Å². The van der Waals surface area contributed by atoms with Crippen LogP contribution in [-0.4, -0.2) is 11.1 Å². The van der Waals surface area contributed by atoms with Gasteiger partial charge in [0.2, 0.25) is 0 Å². The topological polar surface area (TPSA) is 23.5 Å². The summed E-state index contributed by atoms with van der Waals surface area (Å²) in [5, 5.41) is 14.5. The van der Waals surface area contributed by atoms with Crippen molar-refractivity contribution in [3.8, 4) is 0 Å². The van der Waals surface area contributed by atoms with Crippen molar-refractivity contribution in [3.63, 3.8) is 0 Å². The van der Waals surface area contributed by atoms with E-state index in [2.05, 4.69) is 21.7 Å². The maximum atomic E-state index is 9.54. The standard InChI is InChI=1S/C15H16ClNOS/c16-13-1-4-15(12(7-13)9-18)17(14-2-3-14)8-11-5-6-19-10-11/h1,4-7,10,14,18H,2-3,8-9H2. The van der Waals surface area contributed by atoms with Crippen molar-refractivity contribution in [2.45, 2.75) is 32.0 Å². The molecule has 1 saturated carbocycles. The molecule has 2 nitrogen and oxygen atoms in total. The van der Waals surface area contributed by atoms with E-state index in [-0.39, 0.29) is 6.61 Å². The Morgan fingerprint density at radius 1 is 1.32 bits per heavy atom. The molecule has 1 aliphatic carbocycles. The molecule has 1 aromatic heterocycles. The number of hydrogen-bond donors (Lipinski definition) is 1. The van der Waals surface area contributed by atoms with E-state index in [4.69, 9.17) is 11.6 Å². The van der Waals surface area contributed by atoms with Gasteiger partial charge in [-0.15, -0.1) is 0 Å². The lowest BCUT2D eigenvalue weighted by Gasteiger charge is -2.26. The Kier molecular flexibility index (Phi) is 3.78. The Bertz CT molecular complexity index is 551. The van der Waals surface area contributed by atoms with Crippen LogP contribution in [0.15, 0.2) is 35.0 Å². The largest absolute Gasteiger partial charge is 0.392 e. The van der Waals surface area contributed by atoms with Gasteiger partial charge in [-0.1, -0.05) is 11.6 Å². The summed E-state index contributed by atoms with van der Waals surface area (Å²) in [6.07, 6.45) is 2.47. The molecule has 0 atom stereocenters. The van der Waals surface area contributed by atoms with Gasteiger partial charge >= 0.3 is 0 Å². The first-order chi connectivity index (χ1) is 9.28. The van der Waals surface area contributed by atoms with Crippen molar-refractivity contribution < 1.29 is 5.11 Å². The van der Waals surface area contributed by atoms with E-state index in [1.54, 1.807) is 11.3 Å². The Morgan fingerprint density at radius 3 is 2.79 bits per heavy atom. The van der Waals surface area contributed by atoms with Crippen LogP contribution in [0.4, 0.5) is 5.69 Å². The van der Waals surface area contributed by atoms with Gasteiger partial charge in [0.15, 0.2) is 0 Å². The Morgan fingerprint density at radius 2 is 2.16 bits per heavy atom. The first kappa shape index (κ1) is 13.0. The number of aliphatic hydroxyl groups excluding tert-OH is 1. The van der Waals surface area contributed by atoms with E-state index in [0.29, 0.717) is 11.1 Å². The zero-order valence-electron chi connectivity index (χ0n) is 10.6. The van der Waals surface area contributed by atoms with Crippen LogP contribution in [0.1, 0.15) is 24.0 Å². The van der Waals surface area contributed by atoms with Crippen molar-refractivity contribution >= 4 is 28.6 Å². The zero-order valence-corrected chi connectivity index (χ0v) is 12.1. The van der Waals surface area contributed by atoms with Crippen LogP contribution in [0, 0.1) is 0 Å². The first-order valence-corrected chi connectivity index (χ1v) is 7.77. The number of rotatable bonds is 5. The van der Waals surface area contributed by atoms with Crippen LogP contribution in [0.2, 0.25) is 5.02 Å². The summed E-state index contributed by atoms with van der Waals surface area (Å²) >= 11 is 7.73. The SMILES string of the molecule is OCc1cc(Cl)ccc1N(Cc1ccsc1)C1CC1. The molecule has 19 heavy (non-hydrogen) atoms. The number of anilines is 1. The fourth-order valence-electron chi connectivity index (χ4n) is 2.34. The number of halogens is 1. The summed E-state index contributed by atoms with van der Waals surface area (Å²) in [6, 6.07) is 8.55. The minimum Gasteiger partial charge on any atom is -0.392 e. The minimum atomic E-state index is 0.0305. The fourth-order valence-corrected chi connectivity index (χ4v) is 3.19. The quantitative estimate of drug-likeness (QED) is 0.898. The summed E-state index contributed by atoms with van der Waals surface area (Å²) in [7, 11) is 0. The molecular formula is C15H16ClNOS. The molecule has 3 rings (SSSR count). The predicted molar refractivity (Wildman–Crippen MR) is 80.9 cm³/mol. The second kappa shape index (κ2) is 5.53. The monoisotopic (exact) mass is 293 g/mol. The fraction of sp³-hybridized carbons (Fsp3) is 0.333. The lowest BCUT2D eigenvalue weighted by atomic mass is 10.1. The highest BCUT2D eigenvalue weighted by molar-refractivity contribution is 7.07. The van der Waals surface area contributed by atoms with E-state index < -0.39 is 0 Å². The third kappa shape index (κ3) is 2.94. The average molecular weight is 294 g/mol. The summed E-state index contributed by atoms with van der Waals surface area (Å²) in [5.41, 5.74) is 3.35. The lowest BCUT2D eigenvalue weighted by molar-refractivity contribution is 0.282. The summed E-state index contributed by atoms with van der Waals surface area (Å²) in [6.45, 7) is 0.936. The second-order valence-corrected chi connectivity index (χ2v) is 6.14. The van der Waals surface area contributed by atoms with Crippen molar-refractivity contribution in [2.75, 3.05) is 4.90 Å². The molecule has 1 fully saturated rings. The molecule has 0 saturated heterocycles. The van der Waals surface area contributed by atoms with Crippen LogP contribution < -0.4 is 4.90 Å². The maximum Gasteiger partial charge on any atom is 0.0702 e. The molecule has 1 heterocycles. The van der Waals surface area contributed by atoms with Gasteiger partial charge in [0, 0.05) is 28.9 Å². The Balaban J connectivity index is 1.91. The van der Waals surface area contributed by atoms with E-state index in [1.165, 1.54) is 18.4 Å². The van der Waals surface area contributed by atoms with Crippen LogP contribution in [0.25, 0.3) is 0 Å². The van der Waals surface area contributed by atoms with Gasteiger partial charge in [0.25, 0.3) is 0 Å². The molecule has 0 unspecified atom stereocenters. The molecular weight excluding hydrogens is 278 g/mol. The van der Waals surface area contributed by atoms with Crippen molar-refractivity contribution in [1.29, 1.82) is 0 Å². The van der Waals surface area contributed by atoms with Gasteiger partial charge < -0.3 is 10.0 Å². The maximum absolute atomic E-state index is 9.54. The Labute approximate surface area is 122 Å². The number of aliphatic hydroxyl groups is 1. The van der Waals surface area contributed by atoms with Gasteiger partial charge in [0.1, 0.15) is 0 Å². The van der Waals surface area contributed by atoms with Gasteiger partial charge in [-0.25, -0.2) is 0 Å². The lowest BCUT2D eigenvalue weighted by Crippen LogP contribution is -2.25. The molecule has 0 spiro atoms. The number of thiophene rings is 1.